The second kappa shape index (κ2) is 5.47. The molecule has 1 amide bonds. The van der Waals surface area contributed by atoms with Crippen molar-refractivity contribution >= 4 is 17.7 Å². The van der Waals surface area contributed by atoms with E-state index in [9.17, 15) is 4.79 Å². The van der Waals surface area contributed by atoms with Crippen LogP contribution >= 0.6 is 11.8 Å². The summed E-state index contributed by atoms with van der Waals surface area (Å²) in [6, 6.07) is 0. The predicted molar refractivity (Wildman–Crippen MR) is 51.5 cm³/mol. The number of aliphatic hydroxyl groups excluding tert-OH is 2. The van der Waals surface area contributed by atoms with Crippen LogP contribution in [-0.2, 0) is 4.79 Å². The molecule has 2 atom stereocenters. The molecule has 0 bridgehead atoms. The van der Waals surface area contributed by atoms with Crippen molar-refractivity contribution in [3.05, 3.63) is 0 Å². The number of aliphatic hydroxyl groups is 2. The molecule has 1 rings (SSSR count). The van der Waals surface area contributed by atoms with Crippen molar-refractivity contribution in [2.75, 3.05) is 24.7 Å². The van der Waals surface area contributed by atoms with Crippen LogP contribution in [0.15, 0.2) is 0 Å². The van der Waals surface area contributed by atoms with Crippen LogP contribution in [-0.4, -0.2) is 46.9 Å². The largest absolute Gasteiger partial charge is 0.394 e. The van der Waals surface area contributed by atoms with E-state index in [0.29, 0.717) is 0 Å². The van der Waals surface area contributed by atoms with Gasteiger partial charge in [0, 0.05) is 18.2 Å². The summed E-state index contributed by atoms with van der Waals surface area (Å²) >= 11 is 1.78. The van der Waals surface area contributed by atoms with Crippen LogP contribution in [0, 0.1) is 5.92 Å². The van der Waals surface area contributed by atoms with Crippen molar-refractivity contribution < 1.29 is 15.0 Å². The molecule has 0 saturated carbocycles. The highest BCUT2D eigenvalue weighted by Crippen LogP contribution is 2.23. The summed E-state index contributed by atoms with van der Waals surface area (Å²) in [7, 11) is 0. The summed E-state index contributed by atoms with van der Waals surface area (Å²) < 4.78 is 0. The molecule has 1 saturated heterocycles. The lowest BCUT2D eigenvalue weighted by molar-refractivity contribution is -0.124. The van der Waals surface area contributed by atoms with Gasteiger partial charge in [0.2, 0.25) is 5.91 Å². The van der Waals surface area contributed by atoms with Gasteiger partial charge in [-0.2, -0.15) is 11.8 Å². The number of rotatable bonds is 4. The normalized spacial score (nSPS) is 24.3. The maximum absolute atomic E-state index is 11.3. The Kier molecular flexibility index (Phi) is 4.55. The summed E-state index contributed by atoms with van der Waals surface area (Å²) in [6.07, 6.45) is 0.0872. The first kappa shape index (κ1) is 10.8. The summed E-state index contributed by atoms with van der Waals surface area (Å²) in [6.45, 7) is -0.157. The van der Waals surface area contributed by atoms with E-state index in [-0.39, 0.29) is 25.0 Å². The zero-order valence-corrected chi connectivity index (χ0v) is 8.22. The summed E-state index contributed by atoms with van der Waals surface area (Å²) in [4.78, 5) is 11.3. The second-order valence-electron chi connectivity index (χ2n) is 3.14. The summed E-state index contributed by atoms with van der Waals surface area (Å²) in [5.41, 5.74) is 0. The number of carbonyl (C=O) groups excluding carboxylic acids is 1. The molecule has 13 heavy (non-hydrogen) atoms. The Morgan fingerprint density at radius 1 is 1.69 bits per heavy atom. The molecule has 0 aliphatic carbocycles. The fraction of sp³-hybridized carbons (Fsp3) is 0.875. The molecule has 0 spiro atoms. The van der Waals surface area contributed by atoms with E-state index in [1.807, 2.05) is 0 Å². The minimum absolute atomic E-state index is 0.00231. The fourth-order valence-electron chi connectivity index (χ4n) is 1.17. The molecule has 4 nitrogen and oxygen atoms in total. The average Bonchev–Trinajstić information content (AvgIpc) is 2.66. The molecule has 0 aromatic carbocycles. The molecular weight excluding hydrogens is 190 g/mol. The van der Waals surface area contributed by atoms with E-state index in [0.717, 1.165) is 17.9 Å². The molecule has 1 aliphatic heterocycles. The minimum atomic E-state index is -0.835. The van der Waals surface area contributed by atoms with E-state index in [2.05, 4.69) is 5.32 Å². The molecule has 3 N–H and O–H groups in total. The van der Waals surface area contributed by atoms with E-state index in [4.69, 9.17) is 10.2 Å². The Morgan fingerprint density at radius 3 is 3.00 bits per heavy atom. The lowest BCUT2D eigenvalue weighted by Gasteiger charge is -2.11. The van der Waals surface area contributed by atoms with Gasteiger partial charge in [0.15, 0.2) is 0 Å². The van der Waals surface area contributed by atoms with Crippen LogP contribution in [0.2, 0.25) is 0 Å². The van der Waals surface area contributed by atoms with E-state index in [1.165, 1.54) is 0 Å². The first-order chi connectivity index (χ1) is 6.24. The molecular formula is C8H15NO3S. The van der Waals surface area contributed by atoms with E-state index >= 15 is 0 Å². The van der Waals surface area contributed by atoms with Crippen LogP contribution in [0.25, 0.3) is 0 Å². The first-order valence-corrected chi connectivity index (χ1v) is 5.54. The standard InChI is InChI=1S/C8H15NO3S/c10-4-7(11)3-9-8(12)6-1-2-13-5-6/h6-7,10-11H,1-5H2,(H,9,12). The Morgan fingerprint density at radius 2 is 2.46 bits per heavy atom. The number of hydrogen-bond acceptors (Lipinski definition) is 4. The average molecular weight is 205 g/mol. The molecule has 2 unspecified atom stereocenters. The van der Waals surface area contributed by atoms with Gasteiger partial charge in [0.1, 0.15) is 0 Å². The van der Waals surface area contributed by atoms with Crippen LogP contribution < -0.4 is 5.32 Å². The molecule has 1 heterocycles. The van der Waals surface area contributed by atoms with Gasteiger partial charge in [0.05, 0.1) is 12.7 Å². The van der Waals surface area contributed by atoms with Gasteiger partial charge < -0.3 is 15.5 Å². The highest BCUT2D eigenvalue weighted by Gasteiger charge is 2.23. The maximum Gasteiger partial charge on any atom is 0.224 e. The topological polar surface area (TPSA) is 69.6 Å². The van der Waals surface area contributed by atoms with Crippen molar-refractivity contribution in [2.24, 2.45) is 5.92 Å². The summed E-state index contributed by atoms with van der Waals surface area (Å²) in [5.74, 6) is 2.01. The molecule has 1 aliphatic rings. The molecule has 76 valence electrons. The van der Waals surface area contributed by atoms with Gasteiger partial charge in [-0.1, -0.05) is 0 Å². The van der Waals surface area contributed by atoms with Gasteiger partial charge in [-0.05, 0) is 12.2 Å². The van der Waals surface area contributed by atoms with Gasteiger partial charge >= 0.3 is 0 Å². The molecule has 1 fully saturated rings. The first-order valence-electron chi connectivity index (χ1n) is 4.38. The Balaban J connectivity index is 2.16. The number of nitrogens with one attached hydrogen (secondary N) is 1. The minimum Gasteiger partial charge on any atom is -0.394 e. The maximum atomic E-state index is 11.3. The zero-order valence-electron chi connectivity index (χ0n) is 7.40. The van der Waals surface area contributed by atoms with Crippen LogP contribution in [0.4, 0.5) is 0 Å². The quantitative estimate of drug-likeness (QED) is 0.562. The predicted octanol–water partition coefficient (Wildman–Crippen LogP) is -0.791. The highest BCUT2D eigenvalue weighted by atomic mass is 32.2. The number of thioether (sulfide) groups is 1. The molecule has 0 aromatic heterocycles. The molecule has 0 radical (unpaired) electrons. The van der Waals surface area contributed by atoms with Crippen molar-refractivity contribution in [2.45, 2.75) is 12.5 Å². The van der Waals surface area contributed by atoms with Gasteiger partial charge in [0.25, 0.3) is 0 Å². The van der Waals surface area contributed by atoms with E-state index < -0.39 is 6.10 Å². The van der Waals surface area contributed by atoms with Gasteiger partial charge in [-0.25, -0.2) is 0 Å². The highest BCUT2D eigenvalue weighted by molar-refractivity contribution is 7.99. The van der Waals surface area contributed by atoms with Crippen molar-refractivity contribution in [3.63, 3.8) is 0 Å². The van der Waals surface area contributed by atoms with Crippen molar-refractivity contribution in [1.29, 1.82) is 0 Å². The Labute approximate surface area is 81.7 Å². The van der Waals surface area contributed by atoms with Gasteiger partial charge in [-0.3, -0.25) is 4.79 Å². The van der Waals surface area contributed by atoms with E-state index in [1.54, 1.807) is 11.8 Å². The van der Waals surface area contributed by atoms with Crippen molar-refractivity contribution in [1.82, 2.24) is 5.32 Å². The number of amides is 1. The number of hydrogen-bond donors (Lipinski definition) is 3. The molecule has 5 heteroatoms. The second-order valence-corrected chi connectivity index (χ2v) is 4.29. The number of carbonyl (C=O) groups is 1. The SMILES string of the molecule is O=C(NCC(O)CO)C1CCSC1. The zero-order chi connectivity index (χ0) is 9.68. The molecule has 0 aromatic rings. The fourth-order valence-corrected chi connectivity index (χ4v) is 2.39. The van der Waals surface area contributed by atoms with Crippen LogP contribution in [0.1, 0.15) is 6.42 Å². The van der Waals surface area contributed by atoms with Crippen LogP contribution in [0.3, 0.4) is 0 Å². The lowest BCUT2D eigenvalue weighted by Crippen LogP contribution is -2.37. The summed E-state index contributed by atoms with van der Waals surface area (Å²) in [5, 5.41) is 20.1. The van der Waals surface area contributed by atoms with Crippen molar-refractivity contribution in [3.8, 4) is 0 Å². The van der Waals surface area contributed by atoms with Crippen LogP contribution in [0.5, 0.6) is 0 Å². The smallest absolute Gasteiger partial charge is 0.224 e. The Hall–Kier alpha value is -0.260. The van der Waals surface area contributed by atoms with Gasteiger partial charge in [-0.15, -0.1) is 0 Å². The third kappa shape index (κ3) is 3.54. The third-order valence-corrected chi connectivity index (χ3v) is 3.19. The lowest BCUT2D eigenvalue weighted by atomic mass is 10.1. The third-order valence-electron chi connectivity index (χ3n) is 2.02. The Bertz CT molecular complexity index is 171. The monoisotopic (exact) mass is 205 g/mol.